The van der Waals surface area contributed by atoms with Crippen molar-refractivity contribution in [1.82, 2.24) is 0 Å². The van der Waals surface area contributed by atoms with Crippen molar-refractivity contribution in [2.45, 2.75) is 31.3 Å². The van der Waals surface area contributed by atoms with E-state index in [2.05, 4.69) is 4.74 Å². The Balaban J connectivity index is 3.55. The van der Waals surface area contributed by atoms with E-state index < -0.39 is 40.5 Å². The summed E-state index contributed by atoms with van der Waals surface area (Å²) in [6.45, 7) is 1.17. The number of halogens is 7. The van der Waals surface area contributed by atoms with Gasteiger partial charge in [0.2, 0.25) is 0 Å². The van der Waals surface area contributed by atoms with Gasteiger partial charge in [-0.05, 0) is 30.2 Å². The Bertz CT molecular complexity index is 476. The number of hydrogen-bond donors (Lipinski definition) is 0. The summed E-state index contributed by atoms with van der Waals surface area (Å²) in [7, 11) is 0.797. The third kappa shape index (κ3) is 3.03. The molecule has 1 rings (SSSR count). The quantitative estimate of drug-likeness (QED) is 0.698. The fourth-order valence-electron chi connectivity index (χ4n) is 1.93. The summed E-state index contributed by atoms with van der Waals surface area (Å²) in [4.78, 5) is 0. The van der Waals surface area contributed by atoms with Gasteiger partial charge in [-0.25, -0.2) is 0 Å². The monoisotopic (exact) mass is 320 g/mol. The number of methoxy groups -OCH3 is 1. The van der Waals surface area contributed by atoms with Gasteiger partial charge < -0.3 is 4.74 Å². The molecule has 20 heavy (non-hydrogen) atoms. The lowest BCUT2D eigenvalue weighted by atomic mass is 9.89. The van der Waals surface area contributed by atoms with Gasteiger partial charge in [-0.3, -0.25) is 0 Å². The van der Waals surface area contributed by atoms with E-state index in [1.54, 1.807) is 0 Å². The Hall–Kier alpha value is -0.950. The highest BCUT2D eigenvalue weighted by Gasteiger charge is 2.56. The second kappa shape index (κ2) is 5.44. The SMILES string of the molecule is CCC(OC)(c1cc(Cl)cc(C(F)(F)F)c1)C(F)(F)F. The lowest BCUT2D eigenvalue weighted by molar-refractivity contribution is -0.278. The van der Waals surface area contributed by atoms with Crippen LogP contribution in [0.4, 0.5) is 26.3 Å². The second-order valence-electron chi connectivity index (χ2n) is 4.11. The summed E-state index contributed by atoms with van der Waals surface area (Å²) in [5.74, 6) is 0. The van der Waals surface area contributed by atoms with Crippen LogP contribution in [-0.4, -0.2) is 13.3 Å². The van der Waals surface area contributed by atoms with Gasteiger partial charge in [-0.2, -0.15) is 26.3 Å². The smallest absolute Gasteiger partial charge is 0.364 e. The highest BCUT2D eigenvalue weighted by Crippen LogP contribution is 2.46. The van der Waals surface area contributed by atoms with Crippen LogP contribution in [0.5, 0.6) is 0 Å². The lowest BCUT2D eigenvalue weighted by Gasteiger charge is -2.34. The zero-order chi connectivity index (χ0) is 15.8. The fraction of sp³-hybridized carbons (Fsp3) is 0.500. The average Bonchev–Trinajstić information content (AvgIpc) is 2.27. The maximum atomic E-state index is 13.2. The normalized spacial score (nSPS) is 16.1. The van der Waals surface area contributed by atoms with Crippen molar-refractivity contribution in [3.05, 3.63) is 34.3 Å². The first-order chi connectivity index (χ1) is 8.98. The molecule has 0 bridgehead atoms. The van der Waals surface area contributed by atoms with Crippen LogP contribution in [0.3, 0.4) is 0 Å². The molecule has 0 radical (unpaired) electrons. The van der Waals surface area contributed by atoms with Gasteiger partial charge in [0.1, 0.15) is 0 Å². The predicted octanol–water partition coefficient (Wildman–Crippen LogP) is 5.17. The first-order valence-electron chi connectivity index (χ1n) is 5.48. The molecule has 0 amide bonds. The van der Waals surface area contributed by atoms with Crippen LogP contribution < -0.4 is 0 Å². The van der Waals surface area contributed by atoms with E-state index in [4.69, 9.17) is 11.6 Å². The number of alkyl halides is 6. The maximum absolute atomic E-state index is 13.2. The molecule has 8 heteroatoms. The third-order valence-electron chi connectivity index (χ3n) is 3.00. The summed E-state index contributed by atoms with van der Waals surface area (Å²) < 4.78 is 82.0. The van der Waals surface area contributed by atoms with E-state index >= 15 is 0 Å². The van der Waals surface area contributed by atoms with Gasteiger partial charge >= 0.3 is 12.4 Å². The predicted molar refractivity (Wildman–Crippen MR) is 61.5 cm³/mol. The topological polar surface area (TPSA) is 9.23 Å². The zero-order valence-electron chi connectivity index (χ0n) is 10.5. The van der Waals surface area contributed by atoms with Gasteiger partial charge in [-0.1, -0.05) is 18.5 Å². The Morgan fingerprint density at radius 2 is 1.50 bits per heavy atom. The highest BCUT2D eigenvalue weighted by atomic mass is 35.5. The van der Waals surface area contributed by atoms with E-state index in [9.17, 15) is 26.3 Å². The molecule has 0 aliphatic heterocycles. The fourth-order valence-corrected chi connectivity index (χ4v) is 2.17. The van der Waals surface area contributed by atoms with E-state index in [1.807, 2.05) is 0 Å². The van der Waals surface area contributed by atoms with Crippen molar-refractivity contribution in [1.29, 1.82) is 0 Å². The highest BCUT2D eigenvalue weighted by molar-refractivity contribution is 6.30. The number of rotatable bonds is 3. The molecule has 0 aliphatic carbocycles. The minimum absolute atomic E-state index is 0.409. The first kappa shape index (κ1) is 17.1. The summed E-state index contributed by atoms with van der Waals surface area (Å²) in [6, 6.07) is 1.81. The number of ether oxygens (including phenoxy) is 1. The van der Waals surface area contributed by atoms with E-state index in [1.165, 1.54) is 6.92 Å². The Labute approximate surface area is 116 Å². The lowest BCUT2D eigenvalue weighted by Crippen LogP contribution is -2.43. The summed E-state index contributed by atoms with van der Waals surface area (Å²) in [5.41, 5.74) is -4.74. The average molecular weight is 321 g/mol. The molecule has 0 fully saturated rings. The summed E-state index contributed by atoms with van der Waals surface area (Å²) in [5, 5.41) is -0.436. The molecule has 1 nitrogen and oxygen atoms in total. The van der Waals surface area contributed by atoms with Gasteiger partial charge in [0.15, 0.2) is 5.60 Å². The first-order valence-corrected chi connectivity index (χ1v) is 5.86. The zero-order valence-corrected chi connectivity index (χ0v) is 11.2. The van der Waals surface area contributed by atoms with Crippen LogP contribution in [0, 0.1) is 0 Å². The molecule has 1 atom stereocenters. The van der Waals surface area contributed by atoms with E-state index in [0.717, 1.165) is 13.2 Å². The Morgan fingerprint density at radius 3 is 1.85 bits per heavy atom. The molecule has 0 saturated carbocycles. The van der Waals surface area contributed by atoms with Gasteiger partial charge in [0.05, 0.1) is 5.56 Å². The van der Waals surface area contributed by atoms with Gasteiger partial charge in [0.25, 0.3) is 0 Å². The van der Waals surface area contributed by atoms with Crippen molar-refractivity contribution >= 4 is 11.6 Å². The number of benzene rings is 1. The van der Waals surface area contributed by atoms with Crippen molar-refractivity contribution in [3.8, 4) is 0 Å². The molecule has 0 heterocycles. The molecule has 0 aliphatic rings. The molecule has 114 valence electrons. The van der Waals surface area contributed by atoms with Crippen molar-refractivity contribution in [3.63, 3.8) is 0 Å². The van der Waals surface area contributed by atoms with Gasteiger partial charge in [0, 0.05) is 12.1 Å². The second-order valence-corrected chi connectivity index (χ2v) is 4.55. The minimum Gasteiger partial charge on any atom is -0.364 e. The standard InChI is InChI=1S/C12H11ClF6O/c1-3-10(20-2,12(17,18)19)7-4-8(11(14,15)16)6-9(13)5-7/h4-6H,3H2,1-2H3. The van der Waals surface area contributed by atoms with Crippen LogP contribution in [0.15, 0.2) is 18.2 Å². The molecular weight excluding hydrogens is 310 g/mol. The molecule has 0 N–H and O–H groups in total. The number of hydrogen-bond acceptors (Lipinski definition) is 1. The van der Waals surface area contributed by atoms with Crippen LogP contribution >= 0.6 is 11.6 Å². The van der Waals surface area contributed by atoms with Crippen LogP contribution in [0.2, 0.25) is 5.02 Å². The van der Waals surface area contributed by atoms with Crippen molar-refractivity contribution in [2.75, 3.05) is 7.11 Å². The third-order valence-corrected chi connectivity index (χ3v) is 3.21. The molecular formula is C12H11ClF6O. The summed E-state index contributed by atoms with van der Waals surface area (Å²) in [6.07, 6.45) is -10.2. The molecule has 1 unspecified atom stereocenters. The van der Waals surface area contributed by atoms with Crippen molar-refractivity contribution < 1.29 is 31.1 Å². The van der Waals surface area contributed by atoms with E-state index in [-0.39, 0.29) is 0 Å². The molecule has 1 aromatic carbocycles. The van der Waals surface area contributed by atoms with Crippen LogP contribution in [0.25, 0.3) is 0 Å². The van der Waals surface area contributed by atoms with Crippen molar-refractivity contribution in [2.24, 2.45) is 0 Å². The molecule has 0 saturated heterocycles. The molecule has 0 spiro atoms. The summed E-state index contributed by atoms with van der Waals surface area (Å²) >= 11 is 5.50. The molecule has 1 aromatic rings. The van der Waals surface area contributed by atoms with Crippen LogP contribution in [-0.2, 0) is 16.5 Å². The van der Waals surface area contributed by atoms with E-state index in [0.29, 0.717) is 12.1 Å². The van der Waals surface area contributed by atoms with Crippen LogP contribution in [0.1, 0.15) is 24.5 Å². The molecule has 0 aromatic heterocycles. The maximum Gasteiger partial charge on any atom is 0.421 e. The Morgan fingerprint density at radius 1 is 1.00 bits per heavy atom. The largest absolute Gasteiger partial charge is 0.421 e. The minimum atomic E-state index is -4.87. The Kier molecular flexibility index (Phi) is 4.65. The van der Waals surface area contributed by atoms with Gasteiger partial charge in [-0.15, -0.1) is 0 Å².